The highest BCUT2D eigenvalue weighted by Gasteiger charge is 2.23. The second kappa shape index (κ2) is 6.30. The third-order valence-corrected chi connectivity index (χ3v) is 3.07. The van der Waals surface area contributed by atoms with Crippen molar-refractivity contribution in [2.24, 2.45) is 0 Å². The van der Waals surface area contributed by atoms with E-state index in [1.807, 2.05) is 38.1 Å². The third-order valence-electron chi connectivity index (χ3n) is 3.07. The Bertz CT molecular complexity index is 671. The molecule has 0 unspecified atom stereocenters. The molecule has 2 aromatic rings. The summed E-state index contributed by atoms with van der Waals surface area (Å²) in [5.41, 5.74) is 2.44. The van der Waals surface area contributed by atoms with E-state index in [-0.39, 0.29) is 5.69 Å². The molecule has 6 heteroatoms. The fourth-order valence-electron chi connectivity index (χ4n) is 2.10. The van der Waals surface area contributed by atoms with E-state index >= 15 is 0 Å². The number of aromatic nitrogens is 2. The minimum atomic E-state index is -0.420. The van der Waals surface area contributed by atoms with Gasteiger partial charge in [-0.25, -0.2) is 9.97 Å². The molecule has 0 bridgehead atoms. The lowest BCUT2D eigenvalue weighted by molar-refractivity contribution is -0.385. The topological polar surface area (TPSA) is 81.0 Å². The summed E-state index contributed by atoms with van der Waals surface area (Å²) in [7, 11) is 0. The minimum Gasteiger partial charge on any atom is -0.354 e. The van der Waals surface area contributed by atoms with Gasteiger partial charge in [0.05, 0.1) is 4.92 Å². The smallest absolute Gasteiger partial charge is 0.316 e. The van der Waals surface area contributed by atoms with Crippen LogP contribution in [-0.4, -0.2) is 21.4 Å². The average Bonchev–Trinajstić information content (AvgIpc) is 2.44. The standard InChI is InChI=1S/C15H18N4O2/c1-4-8-16-15-17-11(3)14(19(20)21)13(18-15)12-7-5-6-10(2)9-12/h5-7,9H,4,8H2,1-3H3,(H,16,17,18). The lowest BCUT2D eigenvalue weighted by Crippen LogP contribution is -2.08. The third kappa shape index (κ3) is 3.34. The molecule has 0 saturated carbocycles. The lowest BCUT2D eigenvalue weighted by Gasteiger charge is -2.09. The highest BCUT2D eigenvalue weighted by atomic mass is 16.6. The minimum absolute atomic E-state index is 0.0392. The summed E-state index contributed by atoms with van der Waals surface area (Å²) in [4.78, 5) is 19.4. The molecule has 2 rings (SSSR count). The van der Waals surface area contributed by atoms with E-state index in [1.54, 1.807) is 6.92 Å². The van der Waals surface area contributed by atoms with Crippen LogP contribution in [0.15, 0.2) is 24.3 Å². The van der Waals surface area contributed by atoms with E-state index in [1.165, 1.54) is 0 Å². The molecule has 0 radical (unpaired) electrons. The van der Waals surface area contributed by atoms with Crippen molar-refractivity contribution in [3.05, 3.63) is 45.6 Å². The second-order valence-electron chi connectivity index (χ2n) is 4.88. The Hall–Kier alpha value is -2.50. The number of nitrogens with zero attached hydrogens (tertiary/aromatic N) is 3. The zero-order valence-electron chi connectivity index (χ0n) is 12.4. The van der Waals surface area contributed by atoms with Gasteiger partial charge < -0.3 is 5.32 Å². The number of aryl methyl sites for hydroxylation is 2. The maximum absolute atomic E-state index is 11.3. The zero-order chi connectivity index (χ0) is 15.4. The van der Waals surface area contributed by atoms with Gasteiger partial charge in [0, 0.05) is 12.1 Å². The van der Waals surface area contributed by atoms with E-state index in [9.17, 15) is 10.1 Å². The molecule has 0 spiro atoms. The van der Waals surface area contributed by atoms with Crippen LogP contribution in [0.2, 0.25) is 0 Å². The molecule has 0 atom stereocenters. The van der Waals surface area contributed by atoms with Gasteiger partial charge in [-0.2, -0.15) is 0 Å². The quantitative estimate of drug-likeness (QED) is 0.672. The first-order chi connectivity index (χ1) is 10.0. The van der Waals surface area contributed by atoms with Crippen LogP contribution in [-0.2, 0) is 0 Å². The van der Waals surface area contributed by atoms with Crippen molar-refractivity contribution in [2.75, 3.05) is 11.9 Å². The molecule has 0 amide bonds. The van der Waals surface area contributed by atoms with Crippen molar-refractivity contribution in [3.63, 3.8) is 0 Å². The first kappa shape index (κ1) is 14.9. The normalized spacial score (nSPS) is 10.4. The molecule has 0 saturated heterocycles. The van der Waals surface area contributed by atoms with Gasteiger partial charge in [-0.15, -0.1) is 0 Å². The summed E-state index contributed by atoms with van der Waals surface area (Å²) >= 11 is 0. The first-order valence-electron chi connectivity index (χ1n) is 6.87. The van der Waals surface area contributed by atoms with E-state index in [0.29, 0.717) is 17.3 Å². The fraction of sp³-hybridized carbons (Fsp3) is 0.333. The largest absolute Gasteiger partial charge is 0.354 e. The molecule has 21 heavy (non-hydrogen) atoms. The van der Waals surface area contributed by atoms with Crippen molar-refractivity contribution in [1.82, 2.24) is 9.97 Å². The summed E-state index contributed by atoms with van der Waals surface area (Å²) in [6, 6.07) is 7.52. The summed E-state index contributed by atoms with van der Waals surface area (Å²) in [5.74, 6) is 0.427. The van der Waals surface area contributed by atoms with Gasteiger partial charge in [-0.3, -0.25) is 10.1 Å². The highest BCUT2D eigenvalue weighted by molar-refractivity contribution is 5.72. The lowest BCUT2D eigenvalue weighted by atomic mass is 10.1. The monoisotopic (exact) mass is 286 g/mol. The molecule has 110 valence electrons. The number of hydrogen-bond donors (Lipinski definition) is 1. The number of anilines is 1. The molecule has 1 heterocycles. The van der Waals surface area contributed by atoms with Crippen molar-refractivity contribution >= 4 is 11.6 Å². The summed E-state index contributed by atoms with van der Waals surface area (Å²) in [6.07, 6.45) is 0.930. The molecule has 0 aliphatic heterocycles. The van der Waals surface area contributed by atoms with E-state index in [2.05, 4.69) is 15.3 Å². The van der Waals surface area contributed by atoms with Crippen LogP contribution >= 0.6 is 0 Å². The van der Waals surface area contributed by atoms with Crippen LogP contribution in [0.1, 0.15) is 24.6 Å². The van der Waals surface area contributed by atoms with Crippen LogP contribution < -0.4 is 5.32 Å². The maximum Gasteiger partial charge on any atom is 0.316 e. The number of rotatable bonds is 5. The van der Waals surface area contributed by atoms with E-state index < -0.39 is 4.92 Å². The first-order valence-corrected chi connectivity index (χ1v) is 6.87. The number of nitrogens with one attached hydrogen (secondary N) is 1. The Morgan fingerprint density at radius 3 is 2.67 bits per heavy atom. The van der Waals surface area contributed by atoms with Crippen LogP contribution in [0.3, 0.4) is 0 Å². The molecular weight excluding hydrogens is 268 g/mol. The van der Waals surface area contributed by atoms with Crippen molar-refractivity contribution in [2.45, 2.75) is 27.2 Å². The van der Waals surface area contributed by atoms with Crippen molar-refractivity contribution in [1.29, 1.82) is 0 Å². The van der Waals surface area contributed by atoms with Crippen LogP contribution in [0.25, 0.3) is 11.3 Å². The van der Waals surface area contributed by atoms with Gasteiger partial charge in [0.2, 0.25) is 5.95 Å². The molecule has 1 N–H and O–H groups in total. The molecule has 6 nitrogen and oxygen atoms in total. The predicted octanol–water partition coefficient (Wildman–Crippen LogP) is 3.49. The Morgan fingerprint density at radius 1 is 1.29 bits per heavy atom. The summed E-state index contributed by atoms with van der Waals surface area (Å²) in [5, 5.41) is 14.4. The maximum atomic E-state index is 11.3. The fourth-order valence-corrected chi connectivity index (χ4v) is 2.10. The Labute approximate surface area is 123 Å². The number of hydrogen-bond acceptors (Lipinski definition) is 5. The van der Waals surface area contributed by atoms with Gasteiger partial charge in [0.15, 0.2) is 5.69 Å². The van der Waals surface area contributed by atoms with E-state index in [0.717, 1.165) is 24.1 Å². The summed E-state index contributed by atoms with van der Waals surface area (Å²) in [6.45, 7) is 6.34. The zero-order valence-corrected chi connectivity index (χ0v) is 12.4. The van der Waals surface area contributed by atoms with Crippen LogP contribution in [0, 0.1) is 24.0 Å². The van der Waals surface area contributed by atoms with Crippen molar-refractivity contribution < 1.29 is 4.92 Å². The SMILES string of the molecule is CCCNc1nc(C)c([N+](=O)[O-])c(-c2cccc(C)c2)n1. The van der Waals surface area contributed by atoms with Crippen molar-refractivity contribution in [3.8, 4) is 11.3 Å². The predicted molar refractivity (Wildman–Crippen MR) is 82.4 cm³/mol. The number of nitro groups is 1. The number of benzene rings is 1. The van der Waals surface area contributed by atoms with E-state index in [4.69, 9.17) is 0 Å². The average molecular weight is 286 g/mol. The van der Waals surface area contributed by atoms with Crippen LogP contribution in [0.5, 0.6) is 0 Å². The molecular formula is C15H18N4O2. The summed E-state index contributed by atoms with van der Waals surface area (Å²) < 4.78 is 0. The van der Waals surface area contributed by atoms with Gasteiger partial charge in [-0.05, 0) is 26.3 Å². The van der Waals surface area contributed by atoms with Crippen LogP contribution in [0.4, 0.5) is 11.6 Å². The second-order valence-corrected chi connectivity index (χ2v) is 4.88. The van der Waals surface area contributed by atoms with Gasteiger partial charge in [0.25, 0.3) is 0 Å². The Balaban J connectivity index is 2.59. The Morgan fingerprint density at radius 2 is 2.05 bits per heavy atom. The Kier molecular flexibility index (Phi) is 4.47. The molecule has 0 aliphatic carbocycles. The molecule has 0 fully saturated rings. The van der Waals surface area contributed by atoms with Gasteiger partial charge in [-0.1, -0.05) is 30.7 Å². The van der Waals surface area contributed by atoms with Gasteiger partial charge >= 0.3 is 5.69 Å². The molecule has 1 aromatic heterocycles. The van der Waals surface area contributed by atoms with Gasteiger partial charge in [0.1, 0.15) is 5.69 Å². The highest BCUT2D eigenvalue weighted by Crippen LogP contribution is 2.31. The molecule has 0 aliphatic rings. The molecule has 1 aromatic carbocycles.